The average Bonchev–Trinajstić information content (AvgIpc) is 3.23. The van der Waals surface area contributed by atoms with E-state index in [1.54, 1.807) is 30.3 Å². The summed E-state index contributed by atoms with van der Waals surface area (Å²) in [7, 11) is 0. The minimum Gasteiger partial charge on any atom is -0.326 e. The normalized spacial score (nSPS) is 10.9. The summed E-state index contributed by atoms with van der Waals surface area (Å²) in [6.07, 6.45) is 2.15. The number of fused-ring (bicyclic) bond motifs is 1. The number of allylic oxidation sites excluding steroid dienone is 1. The molecule has 7 nitrogen and oxygen atoms in total. The monoisotopic (exact) mass is 447 g/mol. The first kappa shape index (κ1) is 21.5. The molecule has 1 N–H and O–H groups in total. The number of benzene rings is 2. The zero-order chi connectivity index (χ0) is 22.7. The summed E-state index contributed by atoms with van der Waals surface area (Å²) in [5.41, 5.74) is 2.42. The standard InChI is InChI=1S/C24H22ClN5O2/c1-3-14-29-16(2)20(12-13-21(31)26-19-11-7-10-18(25)15-19)23(32)30-24(29)27-22(28-30)17-8-5-4-6-9-17/h3-11,15H,1,12-14H2,2H3,(H,26,31). The maximum atomic E-state index is 13.2. The van der Waals surface area contributed by atoms with E-state index in [0.29, 0.717) is 34.4 Å². The molecule has 2 heterocycles. The lowest BCUT2D eigenvalue weighted by Gasteiger charge is -2.14. The topological polar surface area (TPSA) is 81.3 Å². The Labute approximate surface area is 190 Å². The number of halogens is 1. The molecule has 0 atom stereocenters. The molecule has 2 aromatic carbocycles. The van der Waals surface area contributed by atoms with Crippen molar-refractivity contribution in [1.29, 1.82) is 0 Å². The van der Waals surface area contributed by atoms with Gasteiger partial charge in [0.2, 0.25) is 11.7 Å². The molecule has 8 heteroatoms. The molecule has 0 saturated heterocycles. The van der Waals surface area contributed by atoms with Gasteiger partial charge in [-0.25, -0.2) is 0 Å². The third kappa shape index (κ3) is 4.33. The van der Waals surface area contributed by atoms with Crippen molar-refractivity contribution in [2.24, 2.45) is 0 Å². The van der Waals surface area contributed by atoms with Gasteiger partial charge in [-0.05, 0) is 31.5 Å². The van der Waals surface area contributed by atoms with Crippen LogP contribution >= 0.6 is 11.6 Å². The highest BCUT2D eigenvalue weighted by atomic mass is 35.5. The van der Waals surface area contributed by atoms with E-state index in [9.17, 15) is 9.59 Å². The molecule has 4 aromatic rings. The fraction of sp³-hybridized carbons (Fsp3) is 0.167. The van der Waals surface area contributed by atoms with Crippen molar-refractivity contribution in [1.82, 2.24) is 19.2 Å². The van der Waals surface area contributed by atoms with Gasteiger partial charge in [0.1, 0.15) is 0 Å². The van der Waals surface area contributed by atoms with Crippen molar-refractivity contribution in [2.45, 2.75) is 26.3 Å². The van der Waals surface area contributed by atoms with Crippen LogP contribution in [0.1, 0.15) is 17.7 Å². The predicted molar refractivity (Wildman–Crippen MR) is 126 cm³/mol. The molecule has 0 spiro atoms. The molecular formula is C24H22ClN5O2. The molecule has 0 radical (unpaired) electrons. The van der Waals surface area contributed by atoms with Crippen LogP contribution in [0.15, 0.2) is 72.0 Å². The van der Waals surface area contributed by atoms with Crippen molar-refractivity contribution < 1.29 is 4.79 Å². The molecule has 4 rings (SSSR count). The van der Waals surface area contributed by atoms with Crippen molar-refractivity contribution in [3.63, 3.8) is 0 Å². The number of hydrogen-bond donors (Lipinski definition) is 1. The van der Waals surface area contributed by atoms with Crippen LogP contribution in [0.4, 0.5) is 5.69 Å². The Morgan fingerprint density at radius 2 is 1.97 bits per heavy atom. The van der Waals surface area contributed by atoms with E-state index in [0.717, 1.165) is 11.3 Å². The summed E-state index contributed by atoms with van der Waals surface area (Å²) >= 11 is 5.97. The third-order valence-electron chi connectivity index (χ3n) is 5.18. The number of carbonyl (C=O) groups is 1. The summed E-state index contributed by atoms with van der Waals surface area (Å²) in [6.45, 7) is 6.13. The number of nitrogens with zero attached hydrogens (tertiary/aromatic N) is 4. The molecule has 0 aliphatic heterocycles. The van der Waals surface area contributed by atoms with Crippen molar-refractivity contribution in [2.75, 3.05) is 5.32 Å². The van der Waals surface area contributed by atoms with E-state index in [-0.39, 0.29) is 24.3 Å². The Hall–Kier alpha value is -3.71. The van der Waals surface area contributed by atoms with Crippen LogP contribution in [-0.2, 0) is 17.8 Å². The molecule has 162 valence electrons. The number of carbonyl (C=O) groups excluding carboxylic acids is 1. The zero-order valence-corrected chi connectivity index (χ0v) is 18.3. The van der Waals surface area contributed by atoms with Gasteiger partial charge in [-0.15, -0.1) is 11.7 Å². The predicted octanol–water partition coefficient (Wildman–Crippen LogP) is 4.28. The Morgan fingerprint density at radius 3 is 2.69 bits per heavy atom. The first-order valence-electron chi connectivity index (χ1n) is 10.2. The highest BCUT2D eigenvalue weighted by molar-refractivity contribution is 6.30. The van der Waals surface area contributed by atoms with Crippen LogP contribution in [0.25, 0.3) is 17.2 Å². The van der Waals surface area contributed by atoms with E-state index < -0.39 is 0 Å². The summed E-state index contributed by atoms with van der Waals surface area (Å²) in [4.78, 5) is 30.3. The Kier molecular flexibility index (Phi) is 6.18. The van der Waals surface area contributed by atoms with Gasteiger partial charge in [0.05, 0.1) is 0 Å². The molecule has 32 heavy (non-hydrogen) atoms. The number of aromatic nitrogens is 4. The maximum Gasteiger partial charge on any atom is 0.279 e. The summed E-state index contributed by atoms with van der Waals surface area (Å²) in [5, 5.41) is 7.80. The van der Waals surface area contributed by atoms with Crippen LogP contribution in [0, 0.1) is 6.92 Å². The van der Waals surface area contributed by atoms with Crippen LogP contribution in [-0.4, -0.2) is 25.1 Å². The second-order valence-corrected chi connectivity index (χ2v) is 7.78. The smallest absolute Gasteiger partial charge is 0.279 e. The van der Waals surface area contributed by atoms with Crippen LogP contribution in [0.3, 0.4) is 0 Å². The first-order chi connectivity index (χ1) is 15.5. The van der Waals surface area contributed by atoms with E-state index >= 15 is 0 Å². The Morgan fingerprint density at radius 1 is 1.19 bits per heavy atom. The molecule has 0 fully saturated rings. The van der Waals surface area contributed by atoms with Crippen LogP contribution < -0.4 is 10.9 Å². The summed E-state index contributed by atoms with van der Waals surface area (Å²) in [6, 6.07) is 16.4. The van der Waals surface area contributed by atoms with Gasteiger partial charge in [0, 0.05) is 40.5 Å². The molecule has 0 unspecified atom stereocenters. The minimum atomic E-state index is -0.275. The highest BCUT2D eigenvalue weighted by Gasteiger charge is 2.19. The van der Waals surface area contributed by atoms with Gasteiger partial charge in [-0.1, -0.05) is 54.1 Å². The van der Waals surface area contributed by atoms with Gasteiger partial charge in [-0.2, -0.15) is 9.50 Å². The number of rotatable bonds is 7. The number of hydrogen-bond acceptors (Lipinski definition) is 4. The highest BCUT2D eigenvalue weighted by Crippen LogP contribution is 2.18. The van der Waals surface area contributed by atoms with Crippen LogP contribution in [0.2, 0.25) is 5.02 Å². The van der Waals surface area contributed by atoms with Gasteiger partial charge in [0.15, 0.2) is 5.82 Å². The first-order valence-corrected chi connectivity index (χ1v) is 10.6. The molecule has 2 aromatic heterocycles. The Balaban J connectivity index is 1.67. The quantitative estimate of drug-likeness (QED) is 0.429. The molecule has 0 aliphatic carbocycles. The lowest BCUT2D eigenvalue weighted by molar-refractivity contribution is -0.116. The second-order valence-electron chi connectivity index (χ2n) is 7.34. The van der Waals surface area contributed by atoms with E-state index in [2.05, 4.69) is 22.0 Å². The zero-order valence-electron chi connectivity index (χ0n) is 17.6. The second kappa shape index (κ2) is 9.20. The third-order valence-corrected chi connectivity index (χ3v) is 5.41. The molecule has 1 amide bonds. The number of amides is 1. The molecular weight excluding hydrogens is 426 g/mol. The van der Waals surface area contributed by atoms with Gasteiger partial charge in [-0.3, -0.25) is 9.59 Å². The summed E-state index contributed by atoms with van der Waals surface area (Å²) < 4.78 is 3.20. The van der Waals surface area contributed by atoms with Crippen molar-refractivity contribution >= 4 is 29.0 Å². The maximum absolute atomic E-state index is 13.2. The van der Waals surface area contributed by atoms with Crippen molar-refractivity contribution in [3.8, 4) is 11.4 Å². The fourth-order valence-electron chi connectivity index (χ4n) is 3.58. The number of nitrogens with one attached hydrogen (secondary N) is 1. The fourth-order valence-corrected chi connectivity index (χ4v) is 3.77. The lowest BCUT2D eigenvalue weighted by atomic mass is 10.1. The SMILES string of the molecule is C=CCn1c(C)c(CCC(=O)Nc2cccc(Cl)c2)c(=O)n2nc(-c3ccccc3)nc12. The van der Waals surface area contributed by atoms with Gasteiger partial charge in [0.25, 0.3) is 5.56 Å². The van der Waals surface area contributed by atoms with E-state index in [1.807, 2.05) is 41.8 Å². The molecule has 0 saturated carbocycles. The van der Waals surface area contributed by atoms with Crippen molar-refractivity contribution in [3.05, 3.63) is 93.9 Å². The van der Waals surface area contributed by atoms with Gasteiger partial charge >= 0.3 is 0 Å². The largest absolute Gasteiger partial charge is 0.326 e. The van der Waals surface area contributed by atoms with E-state index in [1.165, 1.54) is 4.52 Å². The van der Waals surface area contributed by atoms with Crippen LogP contribution in [0.5, 0.6) is 0 Å². The molecule has 0 bridgehead atoms. The molecule has 0 aliphatic rings. The lowest BCUT2D eigenvalue weighted by Crippen LogP contribution is -2.27. The number of anilines is 1. The summed E-state index contributed by atoms with van der Waals surface area (Å²) in [5.74, 6) is 0.708. The van der Waals surface area contributed by atoms with Gasteiger partial charge < -0.3 is 9.88 Å². The minimum absolute atomic E-state index is 0.141. The average molecular weight is 448 g/mol. The van der Waals surface area contributed by atoms with E-state index in [4.69, 9.17) is 11.6 Å². The Bertz CT molecular complexity index is 1360.